The predicted molar refractivity (Wildman–Crippen MR) is 123 cm³/mol. The van der Waals surface area contributed by atoms with Gasteiger partial charge in [-0.1, -0.05) is 6.07 Å². The summed E-state index contributed by atoms with van der Waals surface area (Å²) in [6, 6.07) is 13.0. The zero-order chi connectivity index (χ0) is 27.4. The van der Waals surface area contributed by atoms with Crippen molar-refractivity contribution in [1.29, 1.82) is 10.5 Å². The van der Waals surface area contributed by atoms with Gasteiger partial charge < -0.3 is 4.74 Å². The van der Waals surface area contributed by atoms with Gasteiger partial charge in [-0.3, -0.25) is 0 Å². The molecule has 0 amide bonds. The van der Waals surface area contributed by atoms with Crippen molar-refractivity contribution in [2.45, 2.75) is 16.1 Å². The zero-order valence-electron chi connectivity index (χ0n) is 18.6. The lowest BCUT2D eigenvalue weighted by Gasteiger charge is -2.10. The average molecular weight is 551 g/mol. The molecule has 0 saturated heterocycles. The molecule has 1 heterocycles. The first-order chi connectivity index (χ1) is 17.4. The van der Waals surface area contributed by atoms with E-state index >= 15 is 0 Å². The number of aromatic nitrogens is 1. The van der Waals surface area contributed by atoms with Gasteiger partial charge in [-0.2, -0.15) is 23.7 Å². The SMILES string of the molecule is CN=S(=O)(/C=C(/C#N)S(=O)(=O)c1ccc(C(F)(F)F)cn1)c1ccc(Oc2cccc(F)c2C#N)cc1. The van der Waals surface area contributed by atoms with E-state index in [2.05, 4.69) is 9.35 Å². The van der Waals surface area contributed by atoms with Crippen LogP contribution in [0.3, 0.4) is 0 Å². The third-order valence-corrected chi connectivity index (χ3v) is 8.53. The van der Waals surface area contributed by atoms with Crippen molar-refractivity contribution in [3.8, 4) is 23.6 Å². The van der Waals surface area contributed by atoms with Crippen molar-refractivity contribution < 1.29 is 34.9 Å². The van der Waals surface area contributed by atoms with Gasteiger partial charge in [0.2, 0.25) is 9.84 Å². The summed E-state index contributed by atoms with van der Waals surface area (Å²) in [7, 11) is -7.28. The summed E-state index contributed by atoms with van der Waals surface area (Å²) in [5.41, 5.74) is -1.52. The van der Waals surface area contributed by atoms with Gasteiger partial charge >= 0.3 is 6.18 Å². The summed E-state index contributed by atoms with van der Waals surface area (Å²) < 4.78 is 100. The minimum absolute atomic E-state index is 0.0366. The minimum atomic E-state index is -4.75. The average Bonchev–Trinajstić information content (AvgIpc) is 2.87. The molecule has 0 fully saturated rings. The van der Waals surface area contributed by atoms with Gasteiger partial charge in [0.05, 0.1) is 20.2 Å². The maximum Gasteiger partial charge on any atom is 0.417 e. The maximum absolute atomic E-state index is 13.8. The quantitative estimate of drug-likeness (QED) is 0.304. The van der Waals surface area contributed by atoms with Gasteiger partial charge in [-0.05, 0) is 48.5 Å². The Labute approximate surface area is 209 Å². The number of hydrogen-bond acceptors (Lipinski definition) is 8. The molecule has 0 radical (unpaired) electrons. The maximum atomic E-state index is 13.8. The molecule has 1 unspecified atom stereocenters. The van der Waals surface area contributed by atoms with Crippen LogP contribution in [-0.2, 0) is 25.7 Å². The van der Waals surface area contributed by atoms with E-state index in [-0.39, 0.29) is 22.0 Å². The molecule has 37 heavy (non-hydrogen) atoms. The van der Waals surface area contributed by atoms with Crippen molar-refractivity contribution in [3.05, 3.63) is 88.1 Å². The van der Waals surface area contributed by atoms with Crippen LogP contribution in [0.4, 0.5) is 17.6 Å². The fourth-order valence-electron chi connectivity index (χ4n) is 2.87. The van der Waals surface area contributed by atoms with Crippen LogP contribution in [0.5, 0.6) is 11.5 Å². The molecule has 0 spiro atoms. The molecule has 0 aliphatic carbocycles. The van der Waals surface area contributed by atoms with E-state index in [0.717, 1.165) is 13.1 Å². The van der Waals surface area contributed by atoms with E-state index in [1.54, 1.807) is 6.07 Å². The Kier molecular flexibility index (Phi) is 7.66. The van der Waals surface area contributed by atoms with Gasteiger partial charge in [0.15, 0.2) is 9.93 Å². The monoisotopic (exact) mass is 550 g/mol. The van der Waals surface area contributed by atoms with E-state index in [0.29, 0.717) is 23.7 Å². The Morgan fingerprint density at radius 2 is 1.73 bits per heavy atom. The summed E-state index contributed by atoms with van der Waals surface area (Å²) in [4.78, 5) is 2.23. The highest BCUT2D eigenvalue weighted by Gasteiger charge is 2.32. The Hall–Kier alpha value is -4.27. The molecular formula is C23H14F4N4O4S2. The molecule has 0 aliphatic rings. The number of nitrogens with zero attached hydrogens (tertiary/aromatic N) is 4. The van der Waals surface area contributed by atoms with Crippen LogP contribution in [0.1, 0.15) is 11.1 Å². The zero-order valence-corrected chi connectivity index (χ0v) is 20.2. The van der Waals surface area contributed by atoms with Crippen LogP contribution < -0.4 is 4.74 Å². The summed E-state index contributed by atoms with van der Waals surface area (Å²) >= 11 is 0. The van der Waals surface area contributed by atoms with E-state index in [1.165, 1.54) is 42.5 Å². The van der Waals surface area contributed by atoms with Gasteiger partial charge in [0.25, 0.3) is 0 Å². The Morgan fingerprint density at radius 1 is 1.05 bits per heavy atom. The number of benzene rings is 2. The van der Waals surface area contributed by atoms with E-state index in [9.17, 15) is 35.5 Å². The van der Waals surface area contributed by atoms with Crippen molar-refractivity contribution >= 4 is 19.6 Å². The first-order valence-corrected chi connectivity index (χ1v) is 12.9. The van der Waals surface area contributed by atoms with Gasteiger partial charge in [0.1, 0.15) is 35.0 Å². The van der Waals surface area contributed by atoms with E-state index in [4.69, 9.17) is 10.00 Å². The molecule has 14 heteroatoms. The third kappa shape index (κ3) is 5.77. The van der Waals surface area contributed by atoms with Crippen LogP contribution >= 0.6 is 0 Å². The molecule has 1 atom stereocenters. The molecule has 2 aromatic carbocycles. The third-order valence-electron chi connectivity index (χ3n) is 4.75. The van der Waals surface area contributed by atoms with Crippen LogP contribution in [-0.4, -0.2) is 24.7 Å². The van der Waals surface area contributed by atoms with Crippen molar-refractivity contribution in [3.63, 3.8) is 0 Å². The Morgan fingerprint density at radius 3 is 2.24 bits per heavy atom. The second kappa shape index (κ2) is 10.4. The van der Waals surface area contributed by atoms with Crippen molar-refractivity contribution in [2.75, 3.05) is 7.05 Å². The highest BCUT2D eigenvalue weighted by Crippen LogP contribution is 2.31. The molecule has 3 aromatic rings. The summed E-state index contributed by atoms with van der Waals surface area (Å²) in [6.07, 6.45) is -4.45. The van der Waals surface area contributed by atoms with E-state index in [1.807, 2.05) is 0 Å². The Bertz CT molecular complexity index is 1680. The number of ether oxygens (including phenoxy) is 1. The predicted octanol–water partition coefficient (Wildman–Crippen LogP) is 5.20. The second-order valence-electron chi connectivity index (χ2n) is 7.03. The fourth-order valence-corrected chi connectivity index (χ4v) is 5.87. The molecule has 0 saturated carbocycles. The van der Waals surface area contributed by atoms with Crippen LogP contribution in [0, 0.1) is 28.5 Å². The Balaban J connectivity index is 1.97. The number of nitriles is 2. The van der Waals surface area contributed by atoms with Gasteiger partial charge in [0, 0.05) is 18.7 Å². The summed E-state index contributed by atoms with van der Waals surface area (Å²) in [5, 5.41) is 18.3. The molecule has 190 valence electrons. The van der Waals surface area contributed by atoms with E-state index < -0.39 is 47.1 Å². The standard InChI is InChI=1S/C23H14F4N4O4S2/c1-30-36(32,14-18(11-28)37(33,34)22-10-5-15(13-31-22)23(25,26)27)17-8-6-16(7-9-17)35-21-4-2-3-20(24)19(21)12-29/h2-10,13-14H,1H3/b18-14-. The summed E-state index contributed by atoms with van der Waals surface area (Å²) in [6.45, 7) is 0. The first-order valence-electron chi connectivity index (χ1n) is 9.87. The smallest absolute Gasteiger partial charge is 0.417 e. The lowest BCUT2D eigenvalue weighted by atomic mass is 10.2. The molecule has 3 rings (SSSR count). The highest BCUT2D eigenvalue weighted by atomic mass is 32.2. The number of halogens is 4. The van der Waals surface area contributed by atoms with Crippen molar-refractivity contribution in [1.82, 2.24) is 4.98 Å². The van der Waals surface area contributed by atoms with Crippen LogP contribution in [0.2, 0.25) is 0 Å². The second-order valence-corrected chi connectivity index (χ2v) is 11.1. The van der Waals surface area contributed by atoms with Crippen LogP contribution in [0.15, 0.2) is 85.4 Å². The van der Waals surface area contributed by atoms with Gasteiger partial charge in [-0.15, -0.1) is 0 Å². The number of hydrogen-bond donors (Lipinski definition) is 0. The number of alkyl halides is 3. The van der Waals surface area contributed by atoms with Gasteiger partial charge in [-0.25, -0.2) is 26.4 Å². The topological polar surface area (TPSA) is 133 Å². The lowest BCUT2D eigenvalue weighted by Crippen LogP contribution is -2.11. The highest BCUT2D eigenvalue weighted by molar-refractivity contribution is 7.99. The molecule has 0 aliphatic heterocycles. The number of sulfone groups is 1. The minimum Gasteiger partial charge on any atom is -0.456 e. The van der Waals surface area contributed by atoms with Crippen molar-refractivity contribution in [2.24, 2.45) is 4.36 Å². The number of pyridine rings is 1. The number of rotatable bonds is 6. The molecule has 0 bridgehead atoms. The summed E-state index contributed by atoms with van der Waals surface area (Å²) in [5.74, 6) is -0.741. The largest absolute Gasteiger partial charge is 0.456 e. The molecular weight excluding hydrogens is 536 g/mol. The molecule has 0 N–H and O–H groups in total. The molecule has 1 aromatic heterocycles. The molecule has 8 nitrogen and oxygen atoms in total. The van der Waals surface area contributed by atoms with Crippen LogP contribution in [0.25, 0.3) is 0 Å². The first kappa shape index (κ1) is 27.3. The number of allylic oxidation sites excluding steroid dienone is 1. The lowest BCUT2D eigenvalue weighted by molar-refractivity contribution is -0.137. The fraction of sp³-hybridized carbons (Fsp3) is 0.0870. The normalized spacial score (nSPS) is 13.6.